The number of carbonyl (C=O) groups excluding carboxylic acids is 1. The maximum absolute atomic E-state index is 12.9. The number of ketones is 1. The Hall–Kier alpha value is -3.18. The van der Waals surface area contributed by atoms with Gasteiger partial charge in [0.1, 0.15) is 11.4 Å². The minimum Gasteiger partial charge on any atom is -0.488 e. The fourth-order valence-corrected chi connectivity index (χ4v) is 4.04. The quantitative estimate of drug-likeness (QED) is 0.446. The van der Waals surface area contributed by atoms with Crippen molar-refractivity contribution >= 4 is 33.1 Å². The van der Waals surface area contributed by atoms with Gasteiger partial charge in [-0.15, -0.1) is 0 Å². The topological polar surface area (TPSA) is 98.2 Å². The molecule has 0 bridgehead atoms. The first-order valence-corrected chi connectivity index (χ1v) is 11.6. The summed E-state index contributed by atoms with van der Waals surface area (Å²) < 4.78 is 71.9. The lowest BCUT2D eigenvalue weighted by atomic mass is 10.0. The lowest BCUT2D eigenvalue weighted by molar-refractivity contribution is -0.145. The van der Waals surface area contributed by atoms with E-state index in [0.29, 0.717) is 18.1 Å². The molecule has 1 heterocycles. The van der Waals surface area contributed by atoms with E-state index in [1.807, 2.05) is 20.8 Å². The first-order chi connectivity index (χ1) is 15.7. The normalized spacial score (nSPS) is 12.3. The highest BCUT2D eigenvalue weighted by Crippen LogP contribution is 2.29. The first kappa shape index (κ1) is 25.4. The van der Waals surface area contributed by atoms with Gasteiger partial charge < -0.3 is 4.74 Å². The van der Waals surface area contributed by atoms with Crippen molar-refractivity contribution in [2.75, 3.05) is 4.72 Å². The number of hydrogen-bond acceptors (Lipinski definition) is 6. The molecule has 180 valence electrons. The second-order valence-corrected chi connectivity index (χ2v) is 10.2. The number of aromatic nitrogens is 2. The van der Waals surface area contributed by atoms with Crippen molar-refractivity contribution in [2.24, 2.45) is 0 Å². The van der Waals surface area contributed by atoms with Gasteiger partial charge in [-0.25, -0.2) is 18.4 Å². The molecule has 7 nitrogen and oxygen atoms in total. The van der Waals surface area contributed by atoms with Gasteiger partial charge in [0.05, 0.1) is 16.1 Å². The van der Waals surface area contributed by atoms with Crippen molar-refractivity contribution in [3.63, 3.8) is 0 Å². The number of sulfonamides is 1. The molecule has 0 spiro atoms. The molecule has 0 saturated carbocycles. The average molecular weight is 514 g/mol. The van der Waals surface area contributed by atoms with Crippen molar-refractivity contribution in [1.29, 1.82) is 0 Å². The molecule has 0 fully saturated rings. The summed E-state index contributed by atoms with van der Waals surface area (Å²) in [5, 5.41) is 0.114. The van der Waals surface area contributed by atoms with Crippen molar-refractivity contribution < 1.29 is 31.1 Å². The fraction of sp³-hybridized carbons (Fsp3) is 0.227. The number of ether oxygens (including phenoxy) is 1. The molecule has 0 aliphatic rings. The Kier molecular flexibility index (Phi) is 6.90. The molecular weight excluding hydrogens is 495 g/mol. The molecule has 3 aromatic rings. The number of nitrogens with one attached hydrogen (secondary N) is 1. The molecule has 0 unspecified atom stereocenters. The van der Waals surface area contributed by atoms with E-state index < -0.39 is 33.4 Å². The second kappa shape index (κ2) is 9.22. The van der Waals surface area contributed by atoms with Gasteiger partial charge in [0.25, 0.3) is 10.0 Å². The predicted octanol–water partition coefficient (Wildman–Crippen LogP) is 5.36. The van der Waals surface area contributed by atoms with Crippen LogP contribution in [-0.4, -0.2) is 29.8 Å². The number of nitrogens with zero attached hydrogens (tertiary/aromatic N) is 2. The molecule has 12 heteroatoms. The van der Waals surface area contributed by atoms with Crippen LogP contribution in [0.2, 0.25) is 5.02 Å². The van der Waals surface area contributed by atoms with Crippen LogP contribution >= 0.6 is 11.6 Å². The molecule has 0 radical (unpaired) electrons. The maximum atomic E-state index is 12.9. The van der Waals surface area contributed by atoms with Gasteiger partial charge in [0.15, 0.2) is 5.78 Å². The Morgan fingerprint density at radius 3 is 2.12 bits per heavy atom. The largest absolute Gasteiger partial charge is 0.488 e. The summed E-state index contributed by atoms with van der Waals surface area (Å²) in [5.41, 5.74) is -1.06. The average Bonchev–Trinajstić information content (AvgIpc) is 2.73. The summed E-state index contributed by atoms with van der Waals surface area (Å²) in [4.78, 5) is 19.1. The number of carbonyl (C=O) groups is 1. The van der Waals surface area contributed by atoms with Crippen LogP contribution in [0.15, 0.2) is 59.8 Å². The van der Waals surface area contributed by atoms with Crippen LogP contribution in [0.1, 0.15) is 42.5 Å². The molecule has 1 aromatic heterocycles. The second-order valence-electron chi connectivity index (χ2n) is 8.10. The molecular formula is C22H19ClF3N3O4S. The van der Waals surface area contributed by atoms with Crippen LogP contribution < -0.4 is 9.46 Å². The van der Waals surface area contributed by atoms with E-state index in [2.05, 4.69) is 14.7 Å². The number of halogens is 4. The molecule has 0 amide bonds. The molecule has 0 aliphatic carbocycles. The van der Waals surface area contributed by atoms with E-state index in [1.54, 1.807) is 0 Å². The van der Waals surface area contributed by atoms with Gasteiger partial charge in [-0.3, -0.25) is 9.52 Å². The van der Waals surface area contributed by atoms with Crippen molar-refractivity contribution in [2.45, 2.75) is 37.4 Å². The highest BCUT2D eigenvalue weighted by atomic mass is 35.5. The summed E-state index contributed by atoms with van der Waals surface area (Å²) in [5.74, 6) is -1.76. The van der Waals surface area contributed by atoms with E-state index in [4.69, 9.17) is 16.3 Å². The van der Waals surface area contributed by atoms with Crippen LogP contribution in [0, 0.1) is 0 Å². The summed E-state index contributed by atoms with van der Waals surface area (Å²) in [6, 6.07) is 9.49. The third-order valence-corrected chi connectivity index (χ3v) is 5.81. The smallest absolute Gasteiger partial charge is 0.451 e. The SMILES string of the molecule is CC(C)(C)Oc1ccc(S(=O)(=O)Nc2ccc(Cl)cc2C(=O)c2cnc(C(F)(F)F)nc2)cc1. The Morgan fingerprint density at radius 2 is 1.59 bits per heavy atom. The zero-order valence-electron chi connectivity index (χ0n) is 18.1. The van der Waals surface area contributed by atoms with Crippen LogP contribution in [0.5, 0.6) is 5.75 Å². The van der Waals surface area contributed by atoms with E-state index in [-0.39, 0.29) is 26.7 Å². The van der Waals surface area contributed by atoms with Crippen molar-refractivity contribution in [1.82, 2.24) is 9.97 Å². The van der Waals surface area contributed by atoms with Crippen molar-refractivity contribution in [3.8, 4) is 5.75 Å². The zero-order valence-corrected chi connectivity index (χ0v) is 19.7. The van der Waals surface area contributed by atoms with Gasteiger partial charge in [0, 0.05) is 23.0 Å². The predicted molar refractivity (Wildman–Crippen MR) is 120 cm³/mol. The number of benzene rings is 2. The Bertz CT molecular complexity index is 1310. The maximum Gasteiger partial charge on any atom is 0.451 e. The van der Waals surface area contributed by atoms with Gasteiger partial charge in [-0.1, -0.05) is 11.6 Å². The fourth-order valence-electron chi connectivity index (χ4n) is 2.78. The summed E-state index contributed by atoms with van der Waals surface area (Å²) >= 11 is 5.97. The van der Waals surface area contributed by atoms with Crippen LogP contribution in [0.25, 0.3) is 0 Å². The molecule has 0 atom stereocenters. The van der Waals surface area contributed by atoms with E-state index in [0.717, 1.165) is 0 Å². The Morgan fingerprint density at radius 1 is 1.00 bits per heavy atom. The number of alkyl halides is 3. The standard InChI is InChI=1S/C22H19ClF3N3O4S/c1-21(2,3)33-15-5-7-16(8-6-15)34(31,32)29-18-9-4-14(23)10-17(18)19(30)13-11-27-20(28-12-13)22(24,25)26/h4-12,29H,1-3H3. The third kappa shape index (κ3) is 6.23. The highest BCUT2D eigenvalue weighted by molar-refractivity contribution is 7.92. The Balaban J connectivity index is 1.91. The summed E-state index contributed by atoms with van der Waals surface area (Å²) in [6.07, 6.45) is -3.34. The van der Waals surface area contributed by atoms with Crippen LogP contribution in [-0.2, 0) is 16.2 Å². The van der Waals surface area contributed by atoms with Gasteiger partial charge >= 0.3 is 6.18 Å². The zero-order chi connectivity index (χ0) is 25.3. The van der Waals surface area contributed by atoms with E-state index >= 15 is 0 Å². The Labute approximate surface area is 199 Å². The molecule has 34 heavy (non-hydrogen) atoms. The molecule has 2 aromatic carbocycles. The van der Waals surface area contributed by atoms with Gasteiger partial charge in [0.2, 0.25) is 5.82 Å². The minimum atomic E-state index is -4.77. The first-order valence-electron chi connectivity index (χ1n) is 9.71. The summed E-state index contributed by atoms with van der Waals surface area (Å²) in [7, 11) is -4.13. The third-order valence-electron chi connectivity index (χ3n) is 4.20. The van der Waals surface area contributed by atoms with Crippen LogP contribution in [0.4, 0.5) is 18.9 Å². The van der Waals surface area contributed by atoms with E-state index in [9.17, 15) is 26.4 Å². The molecule has 0 saturated heterocycles. The lowest BCUT2D eigenvalue weighted by Gasteiger charge is -2.21. The highest BCUT2D eigenvalue weighted by Gasteiger charge is 2.34. The van der Waals surface area contributed by atoms with Gasteiger partial charge in [-0.2, -0.15) is 13.2 Å². The monoisotopic (exact) mass is 513 g/mol. The lowest BCUT2D eigenvalue weighted by Crippen LogP contribution is -2.23. The summed E-state index contributed by atoms with van der Waals surface area (Å²) in [6.45, 7) is 5.54. The molecule has 1 N–H and O–H groups in total. The van der Waals surface area contributed by atoms with Gasteiger partial charge in [-0.05, 0) is 63.2 Å². The number of anilines is 1. The van der Waals surface area contributed by atoms with E-state index in [1.165, 1.54) is 42.5 Å². The molecule has 3 rings (SSSR count). The number of hydrogen-bond donors (Lipinski definition) is 1. The number of rotatable bonds is 6. The van der Waals surface area contributed by atoms with Crippen LogP contribution in [0.3, 0.4) is 0 Å². The molecule has 0 aliphatic heterocycles. The minimum absolute atomic E-state index is 0.0972. The van der Waals surface area contributed by atoms with Crippen molar-refractivity contribution in [3.05, 3.63) is 76.8 Å².